The molecule has 176 valence electrons. The number of nitrogens with zero attached hydrogens (tertiary/aromatic N) is 4. The van der Waals surface area contributed by atoms with E-state index in [0.29, 0.717) is 36.5 Å². The van der Waals surface area contributed by atoms with Crippen molar-refractivity contribution in [3.63, 3.8) is 0 Å². The smallest absolute Gasteiger partial charge is 0.225 e. The number of aliphatic imine (C=N–C) groups is 1. The summed E-state index contributed by atoms with van der Waals surface area (Å²) in [5.74, 6) is 5.50. The van der Waals surface area contributed by atoms with Crippen molar-refractivity contribution < 1.29 is 9.21 Å². The standard InChI is InChI=1S/C21H31N7O2S.HI/c1-22-21(23-9-8-18-25-19(27-26-18)17-3-2-12-30-17)24-16-6-4-15(5-7-16)20(29)28-10-13-31-14-11-28;/h2-3,12,15-16H,4-11,13-14H2,1H3,(H2,22,23,24)(H,25,26,27);1H. The fourth-order valence-corrected chi connectivity index (χ4v) is 5.04. The lowest BCUT2D eigenvalue weighted by molar-refractivity contribution is -0.136. The van der Waals surface area contributed by atoms with Crippen molar-refractivity contribution in [3.05, 3.63) is 24.2 Å². The molecule has 1 amide bonds. The number of amides is 1. The van der Waals surface area contributed by atoms with Crippen LogP contribution < -0.4 is 10.6 Å². The van der Waals surface area contributed by atoms with Gasteiger partial charge in [-0.2, -0.15) is 16.9 Å². The maximum Gasteiger partial charge on any atom is 0.225 e. The molecule has 1 saturated carbocycles. The average Bonchev–Trinajstić information content (AvgIpc) is 3.51. The minimum Gasteiger partial charge on any atom is -0.461 e. The molecule has 1 saturated heterocycles. The molecule has 9 nitrogen and oxygen atoms in total. The van der Waals surface area contributed by atoms with Gasteiger partial charge in [-0.05, 0) is 37.8 Å². The Labute approximate surface area is 210 Å². The van der Waals surface area contributed by atoms with Crippen LogP contribution in [0.1, 0.15) is 31.5 Å². The summed E-state index contributed by atoms with van der Waals surface area (Å²) in [6.45, 7) is 2.51. The molecule has 32 heavy (non-hydrogen) atoms. The Morgan fingerprint density at radius 3 is 2.78 bits per heavy atom. The minimum absolute atomic E-state index is 0. The molecule has 0 bridgehead atoms. The number of guanidine groups is 1. The molecule has 0 atom stereocenters. The Morgan fingerprint density at radius 1 is 1.31 bits per heavy atom. The van der Waals surface area contributed by atoms with Gasteiger partial charge in [0.1, 0.15) is 5.82 Å². The van der Waals surface area contributed by atoms with Gasteiger partial charge < -0.3 is 20.0 Å². The number of aromatic nitrogens is 3. The first-order valence-corrected chi connectivity index (χ1v) is 12.2. The second kappa shape index (κ2) is 12.5. The van der Waals surface area contributed by atoms with Crippen molar-refractivity contribution in [1.29, 1.82) is 0 Å². The molecule has 4 rings (SSSR count). The van der Waals surface area contributed by atoms with Gasteiger partial charge >= 0.3 is 0 Å². The fraction of sp³-hybridized carbons (Fsp3) is 0.619. The monoisotopic (exact) mass is 573 g/mol. The van der Waals surface area contributed by atoms with E-state index in [1.807, 2.05) is 23.9 Å². The third kappa shape index (κ3) is 6.63. The van der Waals surface area contributed by atoms with Crippen LogP contribution in [0.2, 0.25) is 0 Å². The number of thioether (sulfide) groups is 1. The largest absolute Gasteiger partial charge is 0.461 e. The van der Waals surface area contributed by atoms with Gasteiger partial charge in [-0.25, -0.2) is 4.98 Å². The zero-order valence-corrected chi connectivity index (χ0v) is 21.5. The summed E-state index contributed by atoms with van der Waals surface area (Å²) >= 11 is 1.94. The zero-order valence-electron chi connectivity index (χ0n) is 18.4. The van der Waals surface area contributed by atoms with Gasteiger partial charge in [0, 0.05) is 56.6 Å². The molecule has 0 unspecified atom stereocenters. The second-order valence-corrected chi connectivity index (χ2v) is 9.19. The predicted molar refractivity (Wildman–Crippen MR) is 137 cm³/mol. The van der Waals surface area contributed by atoms with E-state index in [2.05, 4.69) is 35.7 Å². The number of H-pyrrole nitrogens is 1. The first kappa shape index (κ1) is 24.9. The number of halogens is 1. The quantitative estimate of drug-likeness (QED) is 0.277. The van der Waals surface area contributed by atoms with Gasteiger partial charge in [0.2, 0.25) is 11.7 Å². The number of rotatable bonds is 6. The molecular weight excluding hydrogens is 541 g/mol. The van der Waals surface area contributed by atoms with E-state index in [1.54, 1.807) is 13.3 Å². The summed E-state index contributed by atoms with van der Waals surface area (Å²) in [5, 5.41) is 14.0. The highest BCUT2D eigenvalue weighted by molar-refractivity contribution is 14.0. The van der Waals surface area contributed by atoms with Gasteiger partial charge in [0.25, 0.3) is 0 Å². The number of furan rings is 1. The van der Waals surface area contributed by atoms with Gasteiger partial charge in [-0.1, -0.05) is 0 Å². The molecule has 0 spiro atoms. The highest BCUT2D eigenvalue weighted by atomic mass is 127. The van der Waals surface area contributed by atoms with E-state index in [0.717, 1.165) is 62.1 Å². The van der Waals surface area contributed by atoms with Gasteiger partial charge in [0.05, 0.1) is 6.26 Å². The number of hydrogen-bond acceptors (Lipinski definition) is 6. The topological polar surface area (TPSA) is 111 Å². The van der Waals surface area contributed by atoms with Crippen LogP contribution in [0.4, 0.5) is 0 Å². The number of carbonyl (C=O) groups is 1. The first-order valence-electron chi connectivity index (χ1n) is 11.0. The van der Waals surface area contributed by atoms with Crippen LogP contribution in [-0.4, -0.2) is 76.2 Å². The second-order valence-electron chi connectivity index (χ2n) is 7.96. The molecule has 0 aromatic carbocycles. The number of nitrogens with one attached hydrogen (secondary N) is 3. The fourth-order valence-electron chi connectivity index (χ4n) is 4.14. The zero-order chi connectivity index (χ0) is 21.5. The van der Waals surface area contributed by atoms with Crippen molar-refractivity contribution in [2.75, 3.05) is 38.2 Å². The summed E-state index contributed by atoms with van der Waals surface area (Å²) in [5.41, 5.74) is 0. The molecule has 1 aliphatic heterocycles. The van der Waals surface area contributed by atoms with Crippen molar-refractivity contribution in [1.82, 2.24) is 30.7 Å². The molecule has 0 radical (unpaired) electrons. The highest BCUT2D eigenvalue weighted by Crippen LogP contribution is 2.27. The van der Waals surface area contributed by atoms with Crippen molar-refractivity contribution in [2.24, 2.45) is 10.9 Å². The van der Waals surface area contributed by atoms with Crippen LogP contribution in [-0.2, 0) is 11.2 Å². The van der Waals surface area contributed by atoms with Gasteiger partial charge in [-0.3, -0.25) is 14.9 Å². The van der Waals surface area contributed by atoms with Crippen LogP contribution in [0.15, 0.2) is 27.8 Å². The molecule has 1 aliphatic carbocycles. The van der Waals surface area contributed by atoms with Crippen molar-refractivity contribution in [3.8, 4) is 11.6 Å². The normalized spacial score (nSPS) is 21.7. The van der Waals surface area contributed by atoms with Crippen LogP contribution in [0.25, 0.3) is 11.6 Å². The lowest BCUT2D eigenvalue weighted by atomic mass is 9.85. The third-order valence-corrected chi connectivity index (χ3v) is 6.83. The van der Waals surface area contributed by atoms with E-state index in [-0.39, 0.29) is 29.9 Å². The third-order valence-electron chi connectivity index (χ3n) is 5.89. The van der Waals surface area contributed by atoms with E-state index >= 15 is 0 Å². The predicted octanol–water partition coefficient (Wildman–Crippen LogP) is 2.52. The first-order chi connectivity index (χ1) is 15.2. The summed E-state index contributed by atoms with van der Waals surface area (Å²) in [6, 6.07) is 4.01. The molecule has 2 aromatic rings. The van der Waals surface area contributed by atoms with Gasteiger partial charge in [0.15, 0.2) is 11.7 Å². The molecule has 2 aliphatic rings. The lowest BCUT2D eigenvalue weighted by Crippen LogP contribution is -2.47. The molecule has 11 heteroatoms. The minimum atomic E-state index is 0. The number of hydrogen-bond donors (Lipinski definition) is 3. The van der Waals surface area contributed by atoms with Crippen LogP contribution in [0.5, 0.6) is 0 Å². The number of carbonyl (C=O) groups excluding carboxylic acids is 1. The van der Waals surface area contributed by atoms with Crippen molar-refractivity contribution >= 4 is 47.6 Å². The molecule has 2 fully saturated rings. The summed E-state index contributed by atoms with van der Waals surface area (Å²) in [6.07, 6.45) is 6.20. The Bertz CT molecular complexity index is 859. The molecule has 2 aromatic heterocycles. The number of aromatic amines is 1. The Morgan fingerprint density at radius 2 is 2.09 bits per heavy atom. The van der Waals surface area contributed by atoms with E-state index in [4.69, 9.17) is 4.42 Å². The summed E-state index contributed by atoms with van der Waals surface area (Å²) in [7, 11) is 1.78. The lowest BCUT2D eigenvalue weighted by Gasteiger charge is -2.34. The molecule has 3 heterocycles. The van der Waals surface area contributed by atoms with Crippen molar-refractivity contribution in [2.45, 2.75) is 38.1 Å². The maximum absolute atomic E-state index is 12.7. The SMILES string of the molecule is CN=C(NCCc1nc(-c2ccco2)n[nH]1)NC1CCC(C(=O)N2CCSCC2)CC1.I. The average molecular weight is 574 g/mol. The van der Waals surface area contributed by atoms with E-state index < -0.39 is 0 Å². The summed E-state index contributed by atoms with van der Waals surface area (Å²) in [4.78, 5) is 23.6. The molecule has 3 N–H and O–H groups in total. The molecular formula is C21H32IN7O2S. The maximum atomic E-state index is 12.7. The highest BCUT2D eigenvalue weighted by Gasteiger charge is 2.30. The Kier molecular flexibility index (Phi) is 9.69. The van der Waals surface area contributed by atoms with Crippen LogP contribution in [0, 0.1) is 5.92 Å². The summed E-state index contributed by atoms with van der Waals surface area (Å²) < 4.78 is 5.32. The van der Waals surface area contributed by atoms with E-state index in [1.165, 1.54) is 0 Å². The van der Waals surface area contributed by atoms with Gasteiger partial charge in [-0.15, -0.1) is 24.0 Å². The van der Waals surface area contributed by atoms with Crippen LogP contribution in [0.3, 0.4) is 0 Å². The Balaban J connectivity index is 0.00000289. The van der Waals surface area contributed by atoms with E-state index in [9.17, 15) is 4.79 Å². The van der Waals surface area contributed by atoms with Crippen LogP contribution >= 0.6 is 35.7 Å². The Hall–Kier alpha value is -1.76.